The van der Waals surface area contributed by atoms with E-state index in [4.69, 9.17) is 0 Å². The Balaban J connectivity index is 2.12. The monoisotopic (exact) mass is 421 g/mol. The van der Waals surface area contributed by atoms with Gasteiger partial charge in [-0.3, -0.25) is 4.79 Å². The van der Waals surface area contributed by atoms with Gasteiger partial charge in [0.15, 0.2) is 0 Å². The van der Waals surface area contributed by atoms with Crippen LogP contribution in [0, 0.1) is 5.41 Å². The molecule has 1 heterocycles. The molecule has 1 unspecified atom stereocenters. The second-order valence-electron chi connectivity index (χ2n) is 10.3. The number of imidazole rings is 1. The van der Waals surface area contributed by atoms with Crippen molar-refractivity contribution < 1.29 is 4.79 Å². The van der Waals surface area contributed by atoms with Crippen LogP contribution in [0.25, 0.3) is 0 Å². The number of rotatable bonds is 6. The van der Waals surface area contributed by atoms with Crippen LogP contribution in [0.2, 0.25) is 0 Å². The number of amides is 1. The van der Waals surface area contributed by atoms with Crippen LogP contribution in [0.4, 0.5) is 0 Å². The number of carbonyl (C=O) groups is 1. The van der Waals surface area contributed by atoms with Crippen LogP contribution in [0.3, 0.4) is 0 Å². The van der Waals surface area contributed by atoms with Gasteiger partial charge < -0.3 is 9.88 Å². The van der Waals surface area contributed by atoms with Crippen molar-refractivity contribution in [1.82, 2.24) is 14.9 Å². The molecule has 168 valence electrons. The standard InChI is InChI=1S/C27H39N3O/c1-20(10-9-11-21(2)18-25(31)29-26(4,5)6)12-13-23-22(3)24(14-15-27(23,7)8)30-17-16-28-19-30/h9-13,16-19,24H,14-15H2,1-8H3,(H,29,31). The van der Waals surface area contributed by atoms with Crippen LogP contribution in [-0.4, -0.2) is 21.0 Å². The van der Waals surface area contributed by atoms with Gasteiger partial charge in [-0.15, -0.1) is 0 Å². The van der Waals surface area contributed by atoms with Crippen LogP contribution in [0.1, 0.15) is 74.3 Å². The first kappa shape index (κ1) is 24.6. The van der Waals surface area contributed by atoms with E-state index in [2.05, 4.69) is 67.0 Å². The normalized spacial score (nSPS) is 20.7. The third kappa shape index (κ3) is 7.54. The van der Waals surface area contributed by atoms with Crippen LogP contribution in [0.15, 0.2) is 77.5 Å². The number of hydrogen-bond donors (Lipinski definition) is 1. The zero-order valence-electron chi connectivity index (χ0n) is 20.5. The molecule has 0 aromatic carbocycles. The summed E-state index contributed by atoms with van der Waals surface area (Å²) >= 11 is 0. The first-order chi connectivity index (χ1) is 14.4. The molecule has 0 bridgehead atoms. The van der Waals surface area contributed by atoms with E-state index in [0.717, 1.165) is 18.4 Å². The van der Waals surface area contributed by atoms with Gasteiger partial charge in [-0.25, -0.2) is 4.98 Å². The van der Waals surface area contributed by atoms with Crippen molar-refractivity contribution in [2.45, 2.75) is 79.8 Å². The van der Waals surface area contributed by atoms with E-state index >= 15 is 0 Å². The average molecular weight is 422 g/mol. The molecule has 0 saturated heterocycles. The Labute approximate surface area is 188 Å². The molecule has 1 amide bonds. The predicted octanol–water partition coefficient (Wildman–Crippen LogP) is 6.48. The summed E-state index contributed by atoms with van der Waals surface area (Å²) in [5, 5.41) is 2.94. The lowest BCUT2D eigenvalue weighted by molar-refractivity contribution is -0.117. The second kappa shape index (κ2) is 10.1. The molecule has 0 aliphatic heterocycles. The van der Waals surface area contributed by atoms with Crippen LogP contribution in [0.5, 0.6) is 0 Å². The SMILES string of the molecule is CC(C=CC1=C(C)C(n2ccnc2)CCC1(C)C)=CC=CC(C)=CC(=O)NC(C)(C)C. The summed E-state index contributed by atoms with van der Waals surface area (Å²) in [7, 11) is 0. The average Bonchev–Trinajstić information content (AvgIpc) is 3.13. The number of nitrogens with zero attached hydrogens (tertiary/aromatic N) is 2. The summed E-state index contributed by atoms with van der Waals surface area (Å²) in [5.41, 5.74) is 4.85. The molecule has 1 aliphatic carbocycles. The van der Waals surface area contributed by atoms with E-state index in [9.17, 15) is 4.79 Å². The fourth-order valence-corrected chi connectivity index (χ4v) is 4.03. The number of nitrogens with one attached hydrogen (secondary N) is 1. The van der Waals surface area contributed by atoms with Crippen molar-refractivity contribution in [3.63, 3.8) is 0 Å². The maximum atomic E-state index is 12.0. The fourth-order valence-electron chi connectivity index (χ4n) is 4.03. The summed E-state index contributed by atoms with van der Waals surface area (Å²) in [6.45, 7) is 16.9. The van der Waals surface area contributed by atoms with Gasteiger partial charge in [0.25, 0.3) is 0 Å². The van der Waals surface area contributed by atoms with Crippen molar-refractivity contribution in [3.8, 4) is 0 Å². The van der Waals surface area contributed by atoms with Crippen molar-refractivity contribution >= 4 is 5.91 Å². The van der Waals surface area contributed by atoms with E-state index < -0.39 is 0 Å². The molecule has 1 aromatic rings. The topological polar surface area (TPSA) is 46.9 Å². The first-order valence-electron chi connectivity index (χ1n) is 11.1. The number of hydrogen-bond acceptors (Lipinski definition) is 2. The Kier molecular flexibility index (Phi) is 8.05. The predicted molar refractivity (Wildman–Crippen MR) is 131 cm³/mol. The highest BCUT2D eigenvalue weighted by Gasteiger charge is 2.32. The Morgan fingerprint density at radius 2 is 1.94 bits per heavy atom. The third-order valence-corrected chi connectivity index (χ3v) is 5.67. The number of carbonyl (C=O) groups excluding carboxylic acids is 1. The maximum Gasteiger partial charge on any atom is 0.244 e. The number of allylic oxidation sites excluding steroid dienone is 9. The molecule has 1 N–H and O–H groups in total. The minimum atomic E-state index is -0.227. The molecule has 4 nitrogen and oxygen atoms in total. The minimum absolute atomic E-state index is 0.0652. The molecule has 0 saturated carbocycles. The molecule has 1 aliphatic rings. The van der Waals surface area contributed by atoms with E-state index in [1.165, 1.54) is 16.7 Å². The van der Waals surface area contributed by atoms with Gasteiger partial charge in [-0.1, -0.05) is 49.8 Å². The van der Waals surface area contributed by atoms with E-state index in [1.54, 1.807) is 6.08 Å². The largest absolute Gasteiger partial charge is 0.348 e. The highest BCUT2D eigenvalue weighted by molar-refractivity contribution is 5.89. The van der Waals surface area contributed by atoms with E-state index in [-0.39, 0.29) is 16.9 Å². The smallest absolute Gasteiger partial charge is 0.244 e. The molecule has 0 radical (unpaired) electrons. The van der Waals surface area contributed by atoms with Gasteiger partial charge in [0, 0.05) is 24.0 Å². The quantitative estimate of drug-likeness (QED) is 0.422. The van der Waals surface area contributed by atoms with Gasteiger partial charge in [0.2, 0.25) is 5.91 Å². The fraction of sp³-hybridized carbons (Fsp3) is 0.481. The van der Waals surface area contributed by atoms with Crippen molar-refractivity contribution in [2.75, 3.05) is 0 Å². The van der Waals surface area contributed by atoms with Gasteiger partial charge in [0.05, 0.1) is 12.4 Å². The molecular weight excluding hydrogens is 382 g/mol. The summed E-state index contributed by atoms with van der Waals surface area (Å²) in [5.74, 6) is -0.0652. The molecule has 4 heteroatoms. The minimum Gasteiger partial charge on any atom is -0.348 e. The lowest BCUT2D eigenvalue weighted by Crippen LogP contribution is -2.39. The Bertz CT molecular complexity index is 916. The Morgan fingerprint density at radius 1 is 1.23 bits per heavy atom. The van der Waals surface area contributed by atoms with Gasteiger partial charge in [0.1, 0.15) is 0 Å². The molecular formula is C27H39N3O. The van der Waals surface area contributed by atoms with Crippen molar-refractivity contribution in [1.29, 1.82) is 0 Å². The number of aromatic nitrogens is 2. The van der Waals surface area contributed by atoms with Crippen molar-refractivity contribution in [2.24, 2.45) is 5.41 Å². The van der Waals surface area contributed by atoms with Crippen molar-refractivity contribution in [3.05, 3.63) is 77.5 Å². The van der Waals surface area contributed by atoms with Gasteiger partial charge >= 0.3 is 0 Å². The van der Waals surface area contributed by atoms with Gasteiger partial charge in [-0.05, 0) is 76.5 Å². The summed E-state index contributed by atoms with van der Waals surface area (Å²) in [6.07, 6.45) is 20.2. The molecule has 2 rings (SSSR count). The summed E-state index contributed by atoms with van der Waals surface area (Å²) < 4.78 is 2.22. The van der Waals surface area contributed by atoms with E-state index in [0.29, 0.717) is 6.04 Å². The maximum absolute atomic E-state index is 12.0. The Morgan fingerprint density at radius 3 is 2.55 bits per heavy atom. The summed E-state index contributed by atoms with van der Waals surface area (Å²) in [4.78, 5) is 16.2. The molecule has 1 atom stereocenters. The Hall–Kier alpha value is -2.62. The lowest BCUT2D eigenvalue weighted by atomic mass is 9.71. The zero-order chi connectivity index (χ0) is 23.2. The molecule has 0 spiro atoms. The van der Waals surface area contributed by atoms with E-state index in [1.807, 2.05) is 52.4 Å². The second-order valence-corrected chi connectivity index (χ2v) is 10.3. The van der Waals surface area contributed by atoms with Gasteiger partial charge in [-0.2, -0.15) is 0 Å². The highest BCUT2D eigenvalue weighted by atomic mass is 16.1. The molecule has 1 aromatic heterocycles. The van der Waals surface area contributed by atoms with Crippen LogP contribution in [-0.2, 0) is 4.79 Å². The highest BCUT2D eigenvalue weighted by Crippen LogP contribution is 2.45. The first-order valence-corrected chi connectivity index (χ1v) is 11.1. The third-order valence-electron chi connectivity index (χ3n) is 5.67. The molecule has 31 heavy (non-hydrogen) atoms. The zero-order valence-corrected chi connectivity index (χ0v) is 20.5. The van der Waals surface area contributed by atoms with Crippen LogP contribution < -0.4 is 5.32 Å². The summed E-state index contributed by atoms with van der Waals surface area (Å²) in [6, 6.07) is 0.381. The molecule has 0 fully saturated rings. The van der Waals surface area contributed by atoms with Crippen LogP contribution >= 0.6 is 0 Å². The lowest BCUT2D eigenvalue weighted by Gasteiger charge is -2.37.